The summed E-state index contributed by atoms with van der Waals surface area (Å²) < 4.78 is 0. The highest BCUT2D eigenvalue weighted by Gasteiger charge is 2.38. The number of allylic oxidation sites excluding steroid dienone is 2. The fourth-order valence-electron chi connectivity index (χ4n) is 5.23. The van der Waals surface area contributed by atoms with Gasteiger partial charge >= 0.3 is 0 Å². The lowest BCUT2D eigenvalue weighted by atomic mass is 9.76. The van der Waals surface area contributed by atoms with E-state index in [0.717, 1.165) is 43.9 Å². The summed E-state index contributed by atoms with van der Waals surface area (Å²) in [5.41, 5.74) is 5.83. The summed E-state index contributed by atoms with van der Waals surface area (Å²) in [5, 5.41) is 3.81. The monoisotopic (exact) mass is 417 g/mol. The van der Waals surface area contributed by atoms with E-state index in [1.165, 1.54) is 16.8 Å². The zero-order chi connectivity index (χ0) is 22.0. The van der Waals surface area contributed by atoms with Gasteiger partial charge in [0.15, 0.2) is 0 Å². The van der Waals surface area contributed by atoms with Crippen molar-refractivity contribution < 1.29 is 4.79 Å². The summed E-state index contributed by atoms with van der Waals surface area (Å²) in [6.07, 6.45) is 5.71. The first-order chi connectivity index (χ1) is 15.1. The van der Waals surface area contributed by atoms with Gasteiger partial charge in [-0.25, -0.2) is 0 Å². The molecule has 2 aromatic carbocycles. The topological polar surface area (TPSA) is 35.6 Å². The molecule has 1 heterocycles. The van der Waals surface area contributed by atoms with Crippen molar-refractivity contribution >= 4 is 17.3 Å². The number of anilines is 2. The Bertz CT molecular complexity index is 941. The summed E-state index contributed by atoms with van der Waals surface area (Å²) in [7, 11) is 0. The number of nitrogens with one attached hydrogen (secondary N) is 1. The second-order valence-corrected chi connectivity index (χ2v) is 8.52. The van der Waals surface area contributed by atoms with Gasteiger partial charge in [-0.2, -0.15) is 0 Å². The van der Waals surface area contributed by atoms with Gasteiger partial charge < -0.3 is 15.1 Å². The van der Waals surface area contributed by atoms with E-state index in [2.05, 4.69) is 72.6 Å². The van der Waals surface area contributed by atoms with E-state index in [1.54, 1.807) is 0 Å². The van der Waals surface area contributed by atoms with E-state index in [4.69, 9.17) is 0 Å². The first-order valence-electron chi connectivity index (χ1n) is 11.8. The van der Waals surface area contributed by atoms with Crippen LogP contribution >= 0.6 is 0 Å². The Hall–Kier alpha value is -2.75. The highest BCUT2D eigenvalue weighted by molar-refractivity contribution is 5.95. The zero-order valence-corrected chi connectivity index (χ0v) is 19.3. The van der Waals surface area contributed by atoms with Crippen LogP contribution in [0.3, 0.4) is 0 Å². The van der Waals surface area contributed by atoms with Crippen LogP contribution in [0, 0.1) is 5.92 Å². The quantitative estimate of drug-likeness (QED) is 0.575. The molecule has 0 saturated carbocycles. The predicted octanol–water partition coefficient (Wildman–Crippen LogP) is 5.84. The van der Waals surface area contributed by atoms with Crippen molar-refractivity contribution in [1.82, 2.24) is 4.90 Å². The Morgan fingerprint density at radius 1 is 0.968 bits per heavy atom. The molecule has 1 amide bonds. The van der Waals surface area contributed by atoms with Crippen molar-refractivity contribution in [3.63, 3.8) is 0 Å². The lowest BCUT2D eigenvalue weighted by Gasteiger charge is -2.38. The molecule has 31 heavy (non-hydrogen) atoms. The fourth-order valence-corrected chi connectivity index (χ4v) is 5.23. The van der Waals surface area contributed by atoms with Crippen LogP contribution in [0.1, 0.15) is 67.6 Å². The summed E-state index contributed by atoms with van der Waals surface area (Å²) in [4.78, 5) is 17.2. The molecule has 0 aromatic heterocycles. The van der Waals surface area contributed by atoms with Crippen molar-refractivity contribution in [2.45, 2.75) is 46.1 Å². The van der Waals surface area contributed by atoms with Gasteiger partial charge in [0, 0.05) is 49.0 Å². The van der Waals surface area contributed by atoms with Gasteiger partial charge in [0.25, 0.3) is 5.91 Å². The van der Waals surface area contributed by atoms with Crippen LogP contribution in [0.15, 0.2) is 54.6 Å². The molecular weight excluding hydrogens is 382 g/mol. The Kier molecular flexibility index (Phi) is 6.35. The number of fused-ring (bicyclic) bond motifs is 3. The van der Waals surface area contributed by atoms with Crippen molar-refractivity contribution in [1.29, 1.82) is 0 Å². The van der Waals surface area contributed by atoms with Crippen LogP contribution < -0.4 is 10.2 Å². The number of hydrogen-bond donors (Lipinski definition) is 1. The molecule has 0 radical (unpaired) electrons. The first-order valence-corrected chi connectivity index (χ1v) is 11.8. The van der Waals surface area contributed by atoms with Gasteiger partial charge in [-0.3, -0.25) is 4.79 Å². The van der Waals surface area contributed by atoms with Crippen LogP contribution in [0.25, 0.3) is 0 Å². The summed E-state index contributed by atoms with van der Waals surface area (Å²) in [5.74, 6) is 0.958. The smallest absolute Gasteiger partial charge is 0.253 e. The number of carbonyl (C=O) groups is 1. The molecule has 4 nitrogen and oxygen atoms in total. The molecule has 1 aliphatic heterocycles. The molecule has 1 N–H and O–H groups in total. The molecular formula is C27H35N3O. The van der Waals surface area contributed by atoms with Gasteiger partial charge in [-0.1, -0.05) is 24.3 Å². The van der Waals surface area contributed by atoms with Crippen LogP contribution in [0.5, 0.6) is 0 Å². The average Bonchev–Trinajstić information content (AvgIpc) is 3.30. The summed E-state index contributed by atoms with van der Waals surface area (Å²) in [6.45, 7) is 12.0. The van der Waals surface area contributed by atoms with Gasteiger partial charge in [-0.15, -0.1) is 0 Å². The number of hydrogen-bond acceptors (Lipinski definition) is 3. The van der Waals surface area contributed by atoms with Crippen LogP contribution in [0.4, 0.5) is 11.4 Å². The standard InChI is InChI=1S/C27H35N3O/c1-5-29(6-2)21-15-12-19(13-16-21)26-23-11-9-10-22(23)24-18-20(14-17-25(24)28-26)27(31)30(7-3)8-4/h9-10,12-18,22-23,26,28H,5-8,11H2,1-4H3. The maximum Gasteiger partial charge on any atom is 0.253 e. The SMILES string of the molecule is CCN(CC)C(=O)c1ccc2c(c1)C1C=CCC1C(c1ccc(N(CC)CC)cc1)N2. The molecule has 4 rings (SSSR count). The molecule has 0 bridgehead atoms. The van der Waals surface area contributed by atoms with E-state index >= 15 is 0 Å². The van der Waals surface area contributed by atoms with E-state index in [-0.39, 0.29) is 11.9 Å². The Labute approximate surface area is 186 Å². The molecule has 0 saturated heterocycles. The Morgan fingerprint density at radius 2 is 1.68 bits per heavy atom. The third kappa shape index (κ3) is 3.96. The third-order valence-electron chi connectivity index (χ3n) is 7.04. The second kappa shape index (κ2) is 9.17. The van der Waals surface area contributed by atoms with E-state index in [9.17, 15) is 4.79 Å². The summed E-state index contributed by atoms with van der Waals surface area (Å²) in [6, 6.07) is 15.6. The molecule has 0 fully saturated rings. The number of benzene rings is 2. The van der Waals surface area contributed by atoms with Crippen molar-refractivity contribution in [2.24, 2.45) is 5.92 Å². The molecule has 3 atom stereocenters. The highest BCUT2D eigenvalue weighted by atomic mass is 16.2. The highest BCUT2D eigenvalue weighted by Crippen LogP contribution is 2.50. The fraction of sp³-hybridized carbons (Fsp3) is 0.444. The second-order valence-electron chi connectivity index (χ2n) is 8.52. The summed E-state index contributed by atoms with van der Waals surface area (Å²) >= 11 is 0. The molecule has 1 aliphatic carbocycles. The van der Waals surface area contributed by atoms with Crippen molar-refractivity contribution in [3.05, 3.63) is 71.3 Å². The maximum absolute atomic E-state index is 12.9. The Balaban J connectivity index is 1.63. The normalized spacial score (nSPS) is 21.2. The molecule has 3 unspecified atom stereocenters. The van der Waals surface area contributed by atoms with Crippen molar-refractivity contribution in [3.8, 4) is 0 Å². The van der Waals surface area contributed by atoms with Gasteiger partial charge in [0.1, 0.15) is 0 Å². The molecule has 2 aromatic rings. The van der Waals surface area contributed by atoms with Gasteiger partial charge in [-0.05, 0) is 81.5 Å². The minimum Gasteiger partial charge on any atom is -0.378 e. The largest absolute Gasteiger partial charge is 0.378 e. The van der Waals surface area contributed by atoms with E-state index < -0.39 is 0 Å². The molecule has 2 aliphatic rings. The predicted molar refractivity (Wildman–Crippen MR) is 130 cm³/mol. The minimum atomic E-state index is 0.125. The number of carbonyl (C=O) groups excluding carboxylic acids is 1. The van der Waals surface area contributed by atoms with Gasteiger partial charge in [0.05, 0.1) is 6.04 Å². The van der Waals surface area contributed by atoms with E-state index in [1.807, 2.05) is 24.8 Å². The van der Waals surface area contributed by atoms with Crippen LogP contribution in [-0.2, 0) is 0 Å². The lowest BCUT2D eigenvalue weighted by Crippen LogP contribution is -2.32. The lowest BCUT2D eigenvalue weighted by molar-refractivity contribution is 0.0773. The molecule has 164 valence electrons. The number of amides is 1. The average molecular weight is 418 g/mol. The molecule has 0 spiro atoms. The van der Waals surface area contributed by atoms with E-state index in [0.29, 0.717) is 11.8 Å². The Morgan fingerprint density at radius 3 is 2.32 bits per heavy atom. The van der Waals surface area contributed by atoms with Crippen molar-refractivity contribution in [2.75, 3.05) is 36.4 Å². The number of nitrogens with zero attached hydrogens (tertiary/aromatic N) is 2. The zero-order valence-electron chi connectivity index (χ0n) is 19.3. The van der Waals surface area contributed by atoms with Gasteiger partial charge in [0.2, 0.25) is 0 Å². The molecule has 4 heteroatoms. The minimum absolute atomic E-state index is 0.125. The third-order valence-corrected chi connectivity index (χ3v) is 7.04. The number of rotatable bonds is 7. The van der Waals surface area contributed by atoms with Crippen LogP contribution in [-0.4, -0.2) is 37.0 Å². The first kappa shape index (κ1) is 21.5. The van der Waals surface area contributed by atoms with Crippen LogP contribution in [0.2, 0.25) is 0 Å². The maximum atomic E-state index is 12.9.